The number of amides is 3. The molecule has 0 saturated carbocycles. The number of aryl methyl sites for hydroxylation is 2. The van der Waals surface area contributed by atoms with Gasteiger partial charge in [-0.15, -0.1) is 0 Å². The number of nitrogens with zero attached hydrogens (tertiary/aromatic N) is 1. The summed E-state index contributed by atoms with van der Waals surface area (Å²) in [4.78, 5) is 38.6. The summed E-state index contributed by atoms with van der Waals surface area (Å²) in [5, 5.41) is 0. The van der Waals surface area contributed by atoms with E-state index >= 15 is 0 Å². The molecule has 0 bridgehead atoms. The zero-order chi connectivity index (χ0) is 20.5. The van der Waals surface area contributed by atoms with Crippen LogP contribution in [0, 0.1) is 19.8 Å². The van der Waals surface area contributed by atoms with Gasteiger partial charge in [-0.05, 0) is 32.0 Å². The quantitative estimate of drug-likeness (QED) is 0.757. The smallest absolute Gasteiger partial charge is 0.273 e. The van der Waals surface area contributed by atoms with Gasteiger partial charge in [0.25, 0.3) is 5.91 Å². The van der Waals surface area contributed by atoms with E-state index in [0.29, 0.717) is 47.5 Å². The molecule has 152 valence electrons. The Hall–Kier alpha value is -3.49. The Morgan fingerprint density at radius 2 is 1.83 bits per heavy atom. The van der Waals surface area contributed by atoms with E-state index in [4.69, 9.17) is 13.9 Å². The van der Waals surface area contributed by atoms with Crippen molar-refractivity contribution < 1.29 is 28.3 Å². The molecular formula is C20H21N3O6. The third-order valence-electron chi connectivity index (χ3n) is 4.92. The summed E-state index contributed by atoms with van der Waals surface area (Å²) in [6.07, 6.45) is 0.0555. The highest BCUT2D eigenvalue weighted by molar-refractivity contribution is 6.01. The van der Waals surface area contributed by atoms with Gasteiger partial charge in [-0.3, -0.25) is 25.2 Å². The van der Waals surface area contributed by atoms with E-state index in [-0.39, 0.29) is 18.9 Å². The van der Waals surface area contributed by atoms with Crippen molar-refractivity contribution in [2.75, 3.05) is 24.7 Å². The average molecular weight is 399 g/mol. The largest absolute Gasteiger partial charge is 0.486 e. The number of benzene rings is 1. The SMILES string of the molecule is Cc1cc(C(=O)NNC(=O)[C@@H]2CC(=O)N(c3ccc4c(c3)OCCO4)C2)c(C)o1. The summed E-state index contributed by atoms with van der Waals surface area (Å²) in [6, 6.07) is 6.84. The maximum atomic E-state index is 12.5. The van der Waals surface area contributed by atoms with Crippen LogP contribution in [0.3, 0.4) is 0 Å². The minimum absolute atomic E-state index is 0.0555. The van der Waals surface area contributed by atoms with Gasteiger partial charge in [0.1, 0.15) is 24.7 Å². The van der Waals surface area contributed by atoms with E-state index in [1.54, 1.807) is 38.1 Å². The second kappa shape index (κ2) is 7.50. The number of nitrogens with one attached hydrogen (secondary N) is 2. The molecule has 4 rings (SSSR count). The maximum absolute atomic E-state index is 12.5. The number of anilines is 1. The lowest BCUT2D eigenvalue weighted by molar-refractivity contribution is -0.126. The van der Waals surface area contributed by atoms with Gasteiger partial charge in [-0.1, -0.05) is 0 Å². The van der Waals surface area contributed by atoms with E-state index in [0.717, 1.165) is 0 Å². The molecule has 1 aromatic carbocycles. The van der Waals surface area contributed by atoms with Crippen LogP contribution in [0.1, 0.15) is 28.3 Å². The molecule has 0 radical (unpaired) electrons. The summed E-state index contributed by atoms with van der Waals surface area (Å²) in [6.45, 7) is 4.55. The Labute approximate surface area is 166 Å². The van der Waals surface area contributed by atoms with Crippen LogP contribution in [0.4, 0.5) is 5.69 Å². The van der Waals surface area contributed by atoms with E-state index in [9.17, 15) is 14.4 Å². The van der Waals surface area contributed by atoms with Gasteiger partial charge in [-0.25, -0.2) is 0 Å². The highest BCUT2D eigenvalue weighted by Crippen LogP contribution is 2.35. The van der Waals surface area contributed by atoms with E-state index in [2.05, 4.69) is 10.9 Å². The van der Waals surface area contributed by atoms with Crippen molar-refractivity contribution in [3.63, 3.8) is 0 Å². The van der Waals surface area contributed by atoms with E-state index < -0.39 is 17.7 Å². The van der Waals surface area contributed by atoms with Crippen LogP contribution < -0.4 is 25.2 Å². The lowest BCUT2D eigenvalue weighted by Crippen LogP contribution is -2.45. The molecule has 3 heterocycles. The van der Waals surface area contributed by atoms with Gasteiger partial charge in [0, 0.05) is 24.7 Å². The van der Waals surface area contributed by atoms with Crippen LogP contribution in [0.15, 0.2) is 28.7 Å². The maximum Gasteiger partial charge on any atom is 0.273 e. The van der Waals surface area contributed by atoms with Crippen molar-refractivity contribution >= 4 is 23.4 Å². The van der Waals surface area contributed by atoms with Crippen molar-refractivity contribution in [3.05, 3.63) is 41.3 Å². The van der Waals surface area contributed by atoms with E-state index in [1.165, 1.54) is 4.90 Å². The molecule has 1 fully saturated rings. The van der Waals surface area contributed by atoms with Crippen LogP contribution in [0.5, 0.6) is 11.5 Å². The van der Waals surface area contributed by atoms with Gasteiger partial charge < -0.3 is 18.8 Å². The molecule has 0 unspecified atom stereocenters. The van der Waals surface area contributed by atoms with Gasteiger partial charge in [0.15, 0.2) is 11.5 Å². The van der Waals surface area contributed by atoms with Crippen LogP contribution in [-0.4, -0.2) is 37.5 Å². The van der Waals surface area contributed by atoms with E-state index in [1.807, 2.05) is 0 Å². The number of fused-ring (bicyclic) bond motifs is 1. The van der Waals surface area contributed by atoms with Gasteiger partial charge >= 0.3 is 0 Å². The summed E-state index contributed by atoms with van der Waals surface area (Å²) < 4.78 is 16.4. The molecule has 1 saturated heterocycles. The molecule has 1 aromatic heterocycles. The van der Waals surface area contributed by atoms with Crippen LogP contribution in [-0.2, 0) is 9.59 Å². The molecule has 29 heavy (non-hydrogen) atoms. The number of furan rings is 1. The Balaban J connectivity index is 1.38. The fraction of sp³-hybridized carbons (Fsp3) is 0.350. The zero-order valence-electron chi connectivity index (χ0n) is 16.1. The number of rotatable bonds is 3. The summed E-state index contributed by atoms with van der Waals surface area (Å²) in [7, 11) is 0. The minimum atomic E-state index is -0.580. The lowest BCUT2D eigenvalue weighted by atomic mass is 10.1. The highest BCUT2D eigenvalue weighted by Gasteiger charge is 2.36. The Morgan fingerprint density at radius 1 is 1.07 bits per heavy atom. The predicted molar refractivity (Wildman–Crippen MR) is 102 cm³/mol. The number of ether oxygens (including phenoxy) is 2. The van der Waals surface area contributed by atoms with Crippen LogP contribution in [0.25, 0.3) is 0 Å². The average Bonchev–Trinajstić information content (AvgIpc) is 3.27. The molecule has 1 atom stereocenters. The number of carbonyl (C=O) groups excluding carboxylic acids is 3. The first-order valence-corrected chi connectivity index (χ1v) is 9.29. The minimum Gasteiger partial charge on any atom is -0.486 e. The monoisotopic (exact) mass is 399 g/mol. The number of hydrogen-bond donors (Lipinski definition) is 2. The second-order valence-electron chi connectivity index (χ2n) is 7.00. The number of hydrogen-bond acceptors (Lipinski definition) is 6. The molecule has 2 aliphatic rings. The first-order chi connectivity index (χ1) is 13.9. The first kappa shape index (κ1) is 18.9. The van der Waals surface area contributed by atoms with Crippen molar-refractivity contribution in [3.8, 4) is 11.5 Å². The highest BCUT2D eigenvalue weighted by atomic mass is 16.6. The standard InChI is InChI=1S/C20H21N3O6/c1-11-7-15(12(2)29-11)20(26)22-21-19(25)13-8-18(24)23(10-13)14-3-4-16-17(9-14)28-6-5-27-16/h3-4,7,9,13H,5-6,8,10H2,1-2H3,(H,21,25)(H,22,26)/t13-/m1/s1. The Kier molecular flexibility index (Phi) is 4.87. The molecule has 0 aliphatic carbocycles. The molecule has 2 aliphatic heterocycles. The second-order valence-corrected chi connectivity index (χ2v) is 7.00. The molecule has 9 nitrogen and oxygen atoms in total. The van der Waals surface area contributed by atoms with Crippen molar-refractivity contribution in [1.29, 1.82) is 0 Å². The first-order valence-electron chi connectivity index (χ1n) is 9.29. The number of hydrazine groups is 1. The zero-order valence-corrected chi connectivity index (χ0v) is 16.1. The van der Waals surface area contributed by atoms with Gasteiger partial charge in [0.05, 0.1) is 11.5 Å². The third kappa shape index (κ3) is 3.75. The van der Waals surface area contributed by atoms with Crippen LogP contribution in [0.2, 0.25) is 0 Å². The lowest BCUT2D eigenvalue weighted by Gasteiger charge is -2.22. The molecular weight excluding hydrogens is 378 g/mol. The number of carbonyl (C=O) groups is 3. The molecule has 9 heteroatoms. The predicted octanol–water partition coefficient (Wildman–Crippen LogP) is 1.48. The summed E-state index contributed by atoms with van der Waals surface area (Å²) >= 11 is 0. The third-order valence-corrected chi connectivity index (χ3v) is 4.92. The fourth-order valence-corrected chi connectivity index (χ4v) is 3.48. The van der Waals surface area contributed by atoms with Crippen LogP contribution >= 0.6 is 0 Å². The van der Waals surface area contributed by atoms with Crippen molar-refractivity contribution in [1.82, 2.24) is 10.9 Å². The normalized spacial score (nSPS) is 17.9. The van der Waals surface area contributed by atoms with Gasteiger partial charge in [0.2, 0.25) is 11.8 Å². The summed E-state index contributed by atoms with van der Waals surface area (Å²) in [5.41, 5.74) is 5.77. The Bertz CT molecular complexity index is 983. The van der Waals surface area contributed by atoms with Crippen molar-refractivity contribution in [2.45, 2.75) is 20.3 Å². The summed E-state index contributed by atoms with van der Waals surface area (Å²) in [5.74, 6) is 0.634. The topological polar surface area (TPSA) is 110 Å². The molecule has 2 aromatic rings. The van der Waals surface area contributed by atoms with Crippen molar-refractivity contribution in [2.24, 2.45) is 5.92 Å². The van der Waals surface area contributed by atoms with Gasteiger partial charge in [-0.2, -0.15) is 0 Å². The molecule has 2 N–H and O–H groups in total. The fourth-order valence-electron chi connectivity index (χ4n) is 3.48. The molecule has 3 amide bonds. The molecule has 0 spiro atoms. The Morgan fingerprint density at radius 3 is 2.55 bits per heavy atom.